The van der Waals surface area contributed by atoms with Crippen LogP contribution >= 0.6 is 11.6 Å². The van der Waals surface area contributed by atoms with Crippen LogP contribution in [0.15, 0.2) is 30.3 Å². The molecule has 24 heavy (non-hydrogen) atoms. The zero-order valence-corrected chi connectivity index (χ0v) is 15.0. The highest BCUT2D eigenvalue weighted by Crippen LogP contribution is 2.20. The molecule has 1 N–H and O–H groups in total. The van der Waals surface area contributed by atoms with Gasteiger partial charge in [-0.3, -0.25) is 4.79 Å². The molecule has 2 aromatic rings. The van der Waals surface area contributed by atoms with Crippen LogP contribution in [-0.4, -0.2) is 42.0 Å². The molecule has 2 unspecified atom stereocenters. The standard InChI is InChI=1S/C19H24ClN3O/c1-13-9-14(2)12-23(11-13)8-7-21-19(24)16-3-5-17-15(10-16)4-6-18(20)22-17/h3-6,10,13-14H,7-9,11-12H2,1-2H3,(H,21,24). The van der Waals surface area contributed by atoms with Crippen LogP contribution in [0.5, 0.6) is 0 Å². The molecule has 1 amide bonds. The van der Waals surface area contributed by atoms with Crippen LogP contribution in [0.3, 0.4) is 0 Å². The number of nitrogens with one attached hydrogen (secondary N) is 1. The SMILES string of the molecule is CC1CC(C)CN(CCNC(=O)c2ccc3nc(Cl)ccc3c2)C1. The molecule has 1 aromatic carbocycles. The lowest BCUT2D eigenvalue weighted by Crippen LogP contribution is -2.42. The van der Waals surface area contributed by atoms with Gasteiger partial charge in [-0.15, -0.1) is 0 Å². The maximum atomic E-state index is 12.3. The molecule has 2 heterocycles. The molecule has 0 saturated carbocycles. The summed E-state index contributed by atoms with van der Waals surface area (Å²) in [6.07, 6.45) is 1.30. The van der Waals surface area contributed by atoms with E-state index >= 15 is 0 Å². The van der Waals surface area contributed by atoms with Gasteiger partial charge in [0, 0.05) is 37.1 Å². The van der Waals surface area contributed by atoms with Crippen LogP contribution in [0.4, 0.5) is 0 Å². The average Bonchev–Trinajstić information content (AvgIpc) is 2.53. The number of nitrogens with zero attached hydrogens (tertiary/aromatic N) is 2. The molecule has 1 aromatic heterocycles. The minimum absolute atomic E-state index is 0.0371. The Balaban J connectivity index is 1.56. The summed E-state index contributed by atoms with van der Waals surface area (Å²) in [4.78, 5) is 19.0. The molecule has 1 aliphatic heterocycles. The van der Waals surface area contributed by atoms with E-state index in [1.54, 1.807) is 12.1 Å². The first-order valence-corrected chi connectivity index (χ1v) is 8.96. The van der Waals surface area contributed by atoms with Crippen molar-refractivity contribution in [3.05, 3.63) is 41.0 Å². The minimum atomic E-state index is -0.0371. The number of hydrogen-bond donors (Lipinski definition) is 1. The number of benzene rings is 1. The average molecular weight is 346 g/mol. The van der Waals surface area contributed by atoms with Gasteiger partial charge in [-0.1, -0.05) is 25.4 Å². The Morgan fingerprint density at radius 3 is 2.75 bits per heavy atom. The van der Waals surface area contributed by atoms with Gasteiger partial charge in [-0.05, 0) is 48.6 Å². The second kappa shape index (κ2) is 7.49. The maximum Gasteiger partial charge on any atom is 0.251 e. The van der Waals surface area contributed by atoms with Crippen LogP contribution in [0.2, 0.25) is 5.15 Å². The minimum Gasteiger partial charge on any atom is -0.351 e. The van der Waals surface area contributed by atoms with E-state index in [2.05, 4.69) is 29.0 Å². The predicted molar refractivity (Wildman–Crippen MR) is 98.5 cm³/mol. The number of rotatable bonds is 4. The van der Waals surface area contributed by atoms with Gasteiger partial charge in [0.25, 0.3) is 5.91 Å². The zero-order valence-electron chi connectivity index (χ0n) is 14.3. The molecule has 4 nitrogen and oxygen atoms in total. The topological polar surface area (TPSA) is 45.2 Å². The molecular weight excluding hydrogens is 322 g/mol. The normalized spacial score (nSPS) is 21.8. The molecule has 1 aliphatic rings. The van der Waals surface area contributed by atoms with Gasteiger partial charge in [0.1, 0.15) is 5.15 Å². The number of carbonyl (C=O) groups is 1. The van der Waals surface area contributed by atoms with E-state index in [1.165, 1.54) is 6.42 Å². The summed E-state index contributed by atoms with van der Waals surface area (Å²) in [6, 6.07) is 9.12. The first kappa shape index (κ1) is 17.2. The molecular formula is C19H24ClN3O. The molecule has 0 spiro atoms. The number of hydrogen-bond acceptors (Lipinski definition) is 3. The number of aromatic nitrogens is 1. The number of pyridine rings is 1. The Bertz CT molecular complexity index is 724. The van der Waals surface area contributed by atoms with E-state index in [1.807, 2.05) is 18.2 Å². The third-order valence-corrected chi connectivity index (χ3v) is 4.79. The maximum absolute atomic E-state index is 12.3. The fourth-order valence-electron chi connectivity index (χ4n) is 3.65. The quantitative estimate of drug-likeness (QED) is 0.861. The van der Waals surface area contributed by atoms with E-state index in [-0.39, 0.29) is 5.91 Å². The molecule has 2 atom stereocenters. The largest absolute Gasteiger partial charge is 0.351 e. The highest BCUT2D eigenvalue weighted by Gasteiger charge is 2.21. The van der Waals surface area contributed by atoms with E-state index in [9.17, 15) is 4.79 Å². The van der Waals surface area contributed by atoms with Crippen molar-refractivity contribution in [2.45, 2.75) is 20.3 Å². The third kappa shape index (κ3) is 4.25. The smallest absolute Gasteiger partial charge is 0.251 e. The van der Waals surface area contributed by atoms with Gasteiger partial charge < -0.3 is 10.2 Å². The summed E-state index contributed by atoms with van der Waals surface area (Å²) >= 11 is 5.89. The van der Waals surface area contributed by atoms with E-state index in [0.717, 1.165) is 42.4 Å². The highest BCUT2D eigenvalue weighted by atomic mass is 35.5. The van der Waals surface area contributed by atoms with Gasteiger partial charge in [0.05, 0.1) is 5.52 Å². The van der Waals surface area contributed by atoms with E-state index in [0.29, 0.717) is 17.3 Å². The first-order valence-electron chi connectivity index (χ1n) is 8.58. The third-order valence-electron chi connectivity index (χ3n) is 4.58. The zero-order chi connectivity index (χ0) is 17.1. The van der Waals surface area contributed by atoms with Gasteiger partial charge in [0.15, 0.2) is 0 Å². The van der Waals surface area contributed by atoms with Crippen molar-refractivity contribution in [1.82, 2.24) is 15.2 Å². The van der Waals surface area contributed by atoms with Crippen molar-refractivity contribution in [3.8, 4) is 0 Å². The van der Waals surface area contributed by atoms with Crippen molar-refractivity contribution in [1.29, 1.82) is 0 Å². The van der Waals surface area contributed by atoms with Gasteiger partial charge in [-0.25, -0.2) is 4.98 Å². The van der Waals surface area contributed by atoms with Gasteiger partial charge in [0.2, 0.25) is 0 Å². The van der Waals surface area contributed by atoms with E-state index < -0.39 is 0 Å². The number of carbonyl (C=O) groups excluding carboxylic acids is 1. The van der Waals surface area contributed by atoms with E-state index in [4.69, 9.17) is 11.6 Å². The summed E-state index contributed by atoms with van der Waals surface area (Å²) in [6.45, 7) is 8.44. The number of amides is 1. The summed E-state index contributed by atoms with van der Waals surface area (Å²) in [7, 11) is 0. The Morgan fingerprint density at radius 1 is 1.25 bits per heavy atom. The van der Waals surface area contributed by atoms with Gasteiger partial charge in [-0.2, -0.15) is 0 Å². The van der Waals surface area contributed by atoms with Crippen LogP contribution in [0.1, 0.15) is 30.6 Å². The second-order valence-electron chi connectivity index (χ2n) is 7.00. The van der Waals surface area contributed by atoms with Crippen molar-refractivity contribution >= 4 is 28.4 Å². The van der Waals surface area contributed by atoms with Crippen LogP contribution in [0, 0.1) is 11.8 Å². The summed E-state index contributed by atoms with van der Waals surface area (Å²) in [5, 5.41) is 4.41. The van der Waals surface area contributed by atoms with Crippen LogP contribution < -0.4 is 5.32 Å². The molecule has 1 fully saturated rings. The Morgan fingerprint density at radius 2 is 2.00 bits per heavy atom. The first-order chi connectivity index (χ1) is 11.5. The summed E-state index contributed by atoms with van der Waals surface area (Å²) in [5.74, 6) is 1.44. The fourth-order valence-corrected chi connectivity index (χ4v) is 3.80. The number of fused-ring (bicyclic) bond motifs is 1. The number of halogens is 1. The van der Waals surface area contributed by atoms with Crippen molar-refractivity contribution in [2.75, 3.05) is 26.2 Å². The molecule has 5 heteroatoms. The fraction of sp³-hybridized carbons (Fsp3) is 0.474. The molecule has 1 saturated heterocycles. The molecule has 0 bridgehead atoms. The molecule has 0 radical (unpaired) electrons. The Kier molecular flexibility index (Phi) is 5.36. The van der Waals surface area contributed by atoms with Gasteiger partial charge >= 0.3 is 0 Å². The summed E-state index contributed by atoms with van der Waals surface area (Å²) < 4.78 is 0. The number of likely N-dealkylation sites (tertiary alicyclic amines) is 1. The lowest BCUT2D eigenvalue weighted by atomic mass is 9.92. The lowest BCUT2D eigenvalue weighted by Gasteiger charge is -2.34. The highest BCUT2D eigenvalue weighted by molar-refractivity contribution is 6.29. The van der Waals surface area contributed by atoms with Crippen molar-refractivity contribution in [3.63, 3.8) is 0 Å². The Hall–Kier alpha value is -1.65. The number of piperidine rings is 1. The monoisotopic (exact) mass is 345 g/mol. The molecule has 0 aliphatic carbocycles. The van der Waals surface area contributed by atoms with Crippen molar-refractivity contribution < 1.29 is 4.79 Å². The second-order valence-corrected chi connectivity index (χ2v) is 7.39. The van der Waals surface area contributed by atoms with Crippen molar-refractivity contribution in [2.24, 2.45) is 11.8 Å². The summed E-state index contributed by atoms with van der Waals surface area (Å²) in [5.41, 5.74) is 1.46. The lowest BCUT2D eigenvalue weighted by molar-refractivity contribution is 0.0937. The predicted octanol–water partition coefficient (Wildman–Crippen LogP) is 3.60. The van der Waals surface area contributed by atoms with Crippen LogP contribution in [-0.2, 0) is 0 Å². The van der Waals surface area contributed by atoms with Crippen LogP contribution in [0.25, 0.3) is 10.9 Å². The Labute approximate surface area is 148 Å². The molecule has 128 valence electrons. The molecule has 3 rings (SSSR count).